The Balaban J connectivity index is 2.46. The van der Waals surface area contributed by atoms with Crippen molar-refractivity contribution in [2.75, 3.05) is 28.3 Å². The van der Waals surface area contributed by atoms with Gasteiger partial charge in [0.2, 0.25) is 0 Å². The Kier molecular flexibility index (Phi) is 6.23. The first-order valence-electron chi connectivity index (χ1n) is 8.24. The van der Waals surface area contributed by atoms with Crippen molar-refractivity contribution in [1.82, 2.24) is 4.90 Å². The predicted molar refractivity (Wildman–Crippen MR) is 101 cm³/mol. The average molecular weight is 339 g/mol. The smallest absolute Gasteiger partial charge is 0.195 e. The molecule has 4 nitrogen and oxygen atoms in total. The topological polar surface area (TPSA) is 38.8 Å². The molecule has 0 aromatic heterocycles. The number of hydrogen-bond acceptors (Lipinski definition) is 4. The second kappa shape index (κ2) is 8.38. The van der Waals surface area contributed by atoms with Crippen molar-refractivity contribution in [3.05, 3.63) is 65.4 Å². The second-order valence-corrected chi connectivity index (χ2v) is 5.94. The van der Waals surface area contributed by atoms with E-state index < -0.39 is 0 Å². The fourth-order valence-electron chi connectivity index (χ4n) is 2.64. The second-order valence-electron chi connectivity index (χ2n) is 5.94. The molecule has 132 valence electrons. The Hall–Kier alpha value is -2.75. The molecule has 0 fully saturated rings. The van der Waals surface area contributed by atoms with Gasteiger partial charge in [-0.05, 0) is 47.9 Å². The summed E-state index contributed by atoms with van der Waals surface area (Å²) in [5.74, 6) is 1.55. The zero-order valence-electron chi connectivity index (χ0n) is 15.5. The Morgan fingerprint density at radius 1 is 1.00 bits per heavy atom. The molecule has 0 bridgehead atoms. The first-order valence-corrected chi connectivity index (χ1v) is 8.24. The van der Waals surface area contributed by atoms with Crippen molar-refractivity contribution in [3.8, 4) is 11.5 Å². The van der Waals surface area contributed by atoms with E-state index in [4.69, 9.17) is 9.47 Å². The molecule has 4 heteroatoms. The molecule has 0 atom stereocenters. The predicted octanol–water partition coefficient (Wildman–Crippen LogP) is 4.05. The molecule has 0 aliphatic heterocycles. The van der Waals surface area contributed by atoms with Gasteiger partial charge in [0.15, 0.2) is 5.78 Å². The zero-order chi connectivity index (χ0) is 18.4. The average Bonchev–Trinajstić information content (AvgIpc) is 2.65. The number of aryl methyl sites for hydroxylation is 1. The summed E-state index contributed by atoms with van der Waals surface area (Å²) in [6.07, 6.45) is 2.65. The van der Waals surface area contributed by atoms with E-state index in [2.05, 4.69) is 0 Å². The van der Waals surface area contributed by atoms with Crippen LogP contribution in [0, 0.1) is 0 Å². The maximum absolute atomic E-state index is 13.1. The summed E-state index contributed by atoms with van der Waals surface area (Å²) in [5, 5.41) is 0. The Morgan fingerprint density at radius 3 is 2.16 bits per heavy atom. The Morgan fingerprint density at radius 2 is 1.64 bits per heavy atom. The van der Waals surface area contributed by atoms with Crippen LogP contribution in [0.5, 0.6) is 11.5 Å². The van der Waals surface area contributed by atoms with Gasteiger partial charge in [-0.1, -0.05) is 19.1 Å². The third kappa shape index (κ3) is 4.41. The molecule has 0 saturated carbocycles. The summed E-state index contributed by atoms with van der Waals surface area (Å²) in [6.45, 7) is 2.05. The monoisotopic (exact) mass is 339 g/mol. The van der Waals surface area contributed by atoms with Crippen LogP contribution in [0.25, 0.3) is 5.57 Å². The summed E-state index contributed by atoms with van der Waals surface area (Å²) in [5.41, 5.74) is 3.17. The van der Waals surface area contributed by atoms with Gasteiger partial charge in [-0.15, -0.1) is 0 Å². The van der Waals surface area contributed by atoms with Crippen molar-refractivity contribution in [2.45, 2.75) is 13.3 Å². The molecule has 0 spiro atoms. The molecular formula is C21H25NO3. The third-order valence-electron chi connectivity index (χ3n) is 3.96. The first kappa shape index (κ1) is 18.6. The molecule has 0 unspecified atom stereocenters. The van der Waals surface area contributed by atoms with Crippen LogP contribution < -0.4 is 9.47 Å². The van der Waals surface area contributed by atoms with Gasteiger partial charge in [-0.2, -0.15) is 0 Å². The number of benzene rings is 2. The van der Waals surface area contributed by atoms with Gasteiger partial charge < -0.3 is 14.4 Å². The standard InChI is InChI=1S/C21H25NO3/c1-6-15-13-17(9-12-20(15)25-5)21(23)19(14-22(2)3)16-7-10-18(24-4)11-8-16/h7-14H,6H2,1-5H3. The third-order valence-corrected chi connectivity index (χ3v) is 3.96. The van der Waals surface area contributed by atoms with Gasteiger partial charge in [0.1, 0.15) is 11.5 Å². The number of nitrogens with zero attached hydrogens (tertiary/aromatic N) is 1. The molecule has 0 heterocycles. The lowest BCUT2D eigenvalue weighted by Gasteiger charge is -2.14. The fourth-order valence-corrected chi connectivity index (χ4v) is 2.64. The van der Waals surface area contributed by atoms with Crippen LogP contribution in [0.1, 0.15) is 28.4 Å². The number of hydrogen-bond donors (Lipinski definition) is 0. The van der Waals surface area contributed by atoms with Crippen molar-refractivity contribution < 1.29 is 14.3 Å². The molecule has 0 N–H and O–H groups in total. The number of allylic oxidation sites excluding steroid dienone is 1. The normalized spacial score (nSPS) is 11.2. The van der Waals surface area contributed by atoms with Gasteiger partial charge in [0.25, 0.3) is 0 Å². The lowest BCUT2D eigenvalue weighted by Crippen LogP contribution is -2.10. The number of ether oxygens (including phenoxy) is 2. The van der Waals surface area contributed by atoms with Gasteiger partial charge in [-0.25, -0.2) is 0 Å². The highest BCUT2D eigenvalue weighted by Gasteiger charge is 2.17. The molecule has 0 aliphatic carbocycles. The fraction of sp³-hybridized carbons (Fsp3) is 0.286. The summed E-state index contributed by atoms with van der Waals surface area (Å²) in [6, 6.07) is 13.1. The minimum Gasteiger partial charge on any atom is -0.497 e. The van der Waals surface area contributed by atoms with E-state index in [9.17, 15) is 4.79 Å². The summed E-state index contributed by atoms with van der Waals surface area (Å²) >= 11 is 0. The molecular weight excluding hydrogens is 314 g/mol. The number of methoxy groups -OCH3 is 2. The Labute approximate surface area is 149 Å². The highest BCUT2D eigenvalue weighted by Crippen LogP contribution is 2.26. The van der Waals surface area contributed by atoms with Crippen LogP contribution in [0.4, 0.5) is 0 Å². The minimum absolute atomic E-state index is 0.0174. The molecule has 0 saturated heterocycles. The molecule has 0 radical (unpaired) electrons. The largest absolute Gasteiger partial charge is 0.497 e. The minimum atomic E-state index is -0.0174. The molecule has 0 amide bonds. The summed E-state index contributed by atoms with van der Waals surface area (Å²) < 4.78 is 10.6. The van der Waals surface area contributed by atoms with E-state index in [1.54, 1.807) is 14.2 Å². The Bertz CT molecular complexity index is 761. The van der Waals surface area contributed by atoms with E-state index in [0.29, 0.717) is 11.1 Å². The highest BCUT2D eigenvalue weighted by atomic mass is 16.5. The molecule has 2 rings (SSSR count). The molecule has 2 aromatic rings. The molecule has 25 heavy (non-hydrogen) atoms. The van der Waals surface area contributed by atoms with Crippen molar-refractivity contribution in [2.24, 2.45) is 0 Å². The van der Waals surface area contributed by atoms with Gasteiger partial charge in [0.05, 0.1) is 14.2 Å². The first-order chi connectivity index (χ1) is 12.0. The maximum Gasteiger partial charge on any atom is 0.195 e. The number of carbonyl (C=O) groups is 1. The van der Waals surface area contributed by atoms with Crippen LogP contribution in [0.3, 0.4) is 0 Å². The summed E-state index contributed by atoms with van der Waals surface area (Å²) in [4.78, 5) is 15.0. The van der Waals surface area contributed by atoms with Crippen LogP contribution in [0.15, 0.2) is 48.7 Å². The quantitative estimate of drug-likeness (QED) is 0.563. The van der Waals surface area contributed by atoms with Gasteiger partial charge in [0, 0.05) is 31.4 Å². The van der Waals surface area contributed by atoms with Crippen LogP contribution in [-0.4, -0.2) is 39.0 Å². The number of ketones is 1. The van der Waals surface area contributed by atoms with Gasteiger partial charge >= 0.3 is 0 Å². The van der Waals surface area contributed by atoms with Crippen LogP contribution >= 0.6 is 0 Å². The van der Waals surface area contributed by atoms with E-state index >= 15 is 0 Å². The van der Waals surface area contributed by atoms with Crippen LogP contribution in [-0.2, 0) is 6.42 Å². The van der Waals surface area contributed by atoms with Crippen molar-refractivity contribution in [1.29, 1.82) is 0 Å². The molecule has 0 aliphatic rings. The van der Waals surface area contributed by atoms with Crippen molar-refractivity contribution in [3.63, 3.8) is 0 Å². The van der Waals surface area contributed by atoms with E-state index in [1.165, 1.54) is 0 Å². The van der Waals surface area contributed by atoms with E-state index in [-0.39, 0.29) is 5.78 Å². The van der Waals surface area contributed by atoms with E-state index in [1.807, 2.05) is 74.6 Å². The highest BCUT2D eigenvalue weighted by molar-refractivity contribution is 6.28. The maximum atomic E-state index is 13.1. The SMILES string of the molecule is CCc1cc(C(=O)C(=CN(C)C)c2ccc(OC)cc2)ccc1OC. The lowest BCUT2D eigenvalue weighted by atomic mass is 9.95. The van der Waals surface area contributed by atoms with Crippen molar-refractivity contribution >= 4 is 11.4 Å². The molecule has 2 aromatic carbocycles. The van der Waals surface area contributed by atoms with Crippen LogP contribution in [0.2, 0.25) is 0 Å². The van der Waals surface area contributed by atoms with Gasteiger partial charge in [-0.3, -0.25) is 4.79 Å². The zero-order valence-corrected chi connectivity index (χ0v) is 15.5. The number of rotatable bonds is 7. The van der Waals surface area contributed by atoms with E-state index in [0.717, 1.165) is 29.0 Å². The lowest BCUT2D eigenvalue weighted by molar-refractivity contribution is 0.105. The number of Topliss-reactive ketones (excluding diaryl/α,β-unsaturated/α-hetero) is 1. The summed E-state index contributed by atoms with van der Waals surface area (Å²) in [7, 11) is 7.08. The number of carbonyl (C=O) groups excluding carboxylic acids is 1.